The van der Waals surface area contributed by atoms with Gasteiger partial charge in [0.05, 0.1) is 0 Å². The first-order valence-corrected chi connectivity index (χ1v) is 6.33. The summed E-state index contributed by atoms with van der Waals surface area (Å²) in [6, 6.07) is 7.67. The van der Waals surface area contributed by atoms with Gasteiger partial charge < -0.3 is 9.84 Å². The first kappa shape index (κ1) is 14.7. The highest BCUT2D eigenvalue weighted by atomic mass is 16.5. The average molecular weight is 249 g/mol. The Morgan fingerprint density at radius 2 is 2.06 bits per heavy atom. The van der Waals surface area contributed by atoms with E-state index in [1.54, 1.807) is 0 Å². The maximum absolute atomic E-state index is 9.90. The highest BCUT2D eigenvalue weighted by molar-refractivity contribution is 5.34. The molecule has 0 aliphatic carbocycles. The minimum Gasteiger partial charge on any atom is -0.473 e. The van der Waals surface area contributed by atoms with Crippen molar-refractivity contribution in [2.75, 3.05) is 0 Å². The molecule has 1 rings (SSSR count). The predicted octanol–water partition coefficient (Wildman–Crippen LogP) is 2.49. The number of aliphatic hydroxyl groups is 1. The van der Waals surface area contributed by atoms with Crippen molar-refractivity contribution in [2.24, 2.45) is 11.7 Å². The van der Waals surface area contributed by atoms with Crippen molar-refractivity contribution in [3.8, 4) is 5.75 Å². The number of rotatable bonds is 7. The van der Waals surface area contributed by atoms with E-state index in [-0.39, 0.29) is 0 Å². The van der Waals surface area contributed by atoms with E-state index in [2.05, 4.69) is 6.58 Å². The van der Waals surface area contributed by atoms with Crippen molar-refractivity contribution >= 4 is 0 Å². The molecular weight excluding hydrogens is 226 g/mol. The van der Waals surface area contributed by atoms with Crippen molar-refractivity contribution < 1.29 is 9.84 Å². The first-order chi connectivity index (χ1) is 8.54. The van der Waals surface area contributed by atoms with Crippen LogP contribution in [0, 0.1) is 5.92 Å². The summed E-state index contributed by atoms with van der Waals surface area (Å²) < 4.78 is 5.64. The Bertz CT molecular complexity index is 377. The Balaban J connectivity index is 2.68. The molecule has 0 aliphatic rings. The number of ether oxygens (including phenoxy) is 1. The molecule has 0 amide bonds. The molecule has 100 valence electrons. The zero-order valence-corrected chi connectivity index (χ0v) is 11.2. The minimum absolute atomic E-state index is 0.387. The molecular formula is C15H23NO2. The van der Waals surface area contributed by atoms with Crippen LogP contribution in [0.15, 0.2) is 36.9 Å². The van der Waals surface area contributed by atoms with Crippen LogP contribution in [0.1, 0.15) is 25.8 Å². The van der Waals surface area contributed by atoms with Crippen molar-refractivity contribution in [1.29, 1.82) is 0 Å². The van der Waals surface area contributed by atoms with Crippen molar-refractivity contribution in [3.05, 3.63) is 42.5 Å². The molecule has 0 spiro atoms. The maximum atomic E-state index is 9.90. The Kier molecular flexibility index (Phi) is 5.89. The lowest BCUT2D eigenvalue weighted by Gasteiger charge is -2.22. The normalized spacial score (nSPS) is 14.3. The lowest BCUT2D eigenvalue weighted by molar-refractivity contribution is 0.0264. The van der Waals surface area contributed by atoms with Crippen LogP contribution in [0.2, 0.25) is 0 Å². The fourth-order valence-corrected chi connectivity index (χ4v) is 1.79. The van der Waals surface area contributed by atoms with Crippen molar-refractivity contribution in [2.45, 2.75) is 39.0 Å². The van der Waals surface area contributed by atoms with E-state index in [0.717, 1.165) is 12.0 Å². The Morgan fingerprint density at radius 3 is 2.67 bits per heavy atom. The van der Waals surface area contributed by atoms with E-state index in [1.807, 2.05) is 44.2 Å². The number of allylic oxidation sites excluding steroid dienone is 1. The maximum Gasteiger partial charge on any atom is 0.173 e. The van der Waals surface area contributed by atoms with Gasteiger partial charge >= 0.3 is 0 Å². The second-order valence-electron chi connectivity index (χ2n) is 4.88. The SMILES string of the molecule is C=CCc1ccccc1OC(N)C(O)CC(C)C. The van der Waals surface area contributed by atoms with Gasteiger partial charge in [0.2, 0.25) is 0 Å². The molecule has 3 nitrogen and oxygen atoms in total. The quantitative estimate of drug-likeness (QED) is 0.576. The van der Waals surface area contributed by atoms with Gasteiger partial charge in [0.15, 0.2) is 6.23 Å². The van der Waals surface area contributed by atoms with Gasteiger partial charge in [-0.05, 0) is 30.4 Å². The van der Waals surface area contributed by atoms with E-state index in [9.17, 15) is 5.11 Å². The van der Waals surface area contributed by atoms with Gasteiger partial charge in [0.25, 0.3) is 0 Å². The zero-order chi connectivity index (χ0) is 13.5. The number of hydrogen-bond acceptors (Lipinski definition) is 3. The van der Waals surface area contributed by atoms with E-state index in [1.165, 1.54) is 0 Å². The Morgan fingerprint density at radius 1 is 1.39 bits per heavy atom. The summed E-state index contributed by atoms with van der Waals surface area (Å²) in [6.07, 6.45) is 1.83. The molecule has 0 saturated carbocycles. The molecule has 2 unspecified atom stereocenters. The molecule has 18 heavy (non-hydrogen) atoms. The zero-order valence-electron chi connectivity index (χ0n) is 11.2. The third-order valence-electron chi connectivity index (χ3n) is 2.69. The molecule has 0 saturated heterocycles. The number of aliphatic hydroxyl groups excluding tert-OH is 1. The molecule has 0 fully saturated rings. The van der Waals surface area contributed by atoms with Gasteiger partial charge in [0.1, 0.15) is 11.9 Å². The molecule has 0 aliphatic heterocycles. The van der Waals surface area contributed by atoms with Gasteiger partial charge in [-0.3, -0.25) is 5.73 Å². The third kappa shape index (κ3) is 4.51. The van der Waals surface area contributed by atoms with Crippen LogP contribution in [-0.2, 0) is 6.42 Å². The van der Waals surface area contributed by atoms with E-state index < -0.39 is 12.3 Å². The average Bonchev–Trinajstić information content (AvgIpc) is 2.31. The van der Waals surface area contributed by atoms with E-state index >= 15 is 0 Å². The van der Waals surface area contributed by atoms with E-state index in [4.69, 9.17) is 10.5 Å². The largest absolute Gasteiger partial charge is 0.473 e. The van der Waals surface area contributed by atoms with E-state index in [0.29, 0.717) is 18.1 Å². The highest BCUT2D eigenvalue weighted by Crippen LogP contribution is 2.20. The number of hydrogen-bond donors (Lipinski definition) is 2. The Hall–Kier alpha value is -1.32. The minimum atomic E-state index is -0.696. The molecule has 0 heterocycles. The predicted molar refractivity (Wildman–Crippen MR) is 74.4 cm³/mol. The summed E-state index contributed by atoms with van der Waals surface area (Å²) in [5.74, 6) is 1.10. The van der Waals surface area contributed by atoms with Crippen LogP contribution >= 0.6 is 0 Å². The summed E-state index contributed by atoms with van der Waals surface area (Å²) in [5, 5.41) is 9.90. The summed E-state index contributed by atoms with van der Waals surface area (Å²) in [4.78, 5) is 0. The van der Waals surface area contributed by atoms with Crippen LogP contribution < -0.4 is 10.5 Å². The lowest BCUT2D eigenvalue weighted by Crippen LogP contribution is -2.40. The van der Waals surface area contributed by atoms with Gasteiger partial charge in [-0.2, -0.15) is 0 Å². The van der Waals surface area contributed by atoms with Crippen LogP contribution in [0.4, 0.5) is 0 Å². The molecule has 3 heteroatoms. The van der Waals surface area contributed by atoms with Crippen LogP contribution in [0.5, 0.6) is 5.75 Å². The Labute approximate surface area is 109 Å². The molecule has 3 N–H and O–H groups in total. The monoisotopic (exact) mass is 249 g/mol. The second kappa shape index (κ2) is 7.19. The lowest BCUT2D eigenvalue weighted by atomic mass is 10.1. The summed E-state index contributed by atoms with van der Waals surface area (Å²) >= 11 is 0. The summed E-state index contributed by atoms with van der Waals surface area (Å²) in [5.41, 5.74) is 6.89. The molecule has 0 bridgehead atoms. The van der Waals surface area contributed by atoms with Gasteiger partial charge in [-0.1, -0.05) is 38.1 Å². The number of benzene rings is 1. The summed E-state index contributed by atoms with van der Waals surface area (Å²) in [6.45, 7) is 7.80. The second-order valence-corrected chi connectivity index (χ2v) is 4.88. The summed E-state index contributed by atoms with van der Waals surface area (Å²) in [7, 11) is 0. The van der Waals surface area contributed by atoms with Gasteiger partial charge in [0, 0.05) is 0 Å². The van der Waals surface area contributed by atoms with Gasteiger partial charge in [-0.25, -0.2) is 0 Å². The third-order valence-corrected chi connectivity index (χ3v) is 2.69. The van der Waals surface area contributed by atoms with Crippen molar-refractivity contribution in [3.63, 3.8) is 0 Å². The molecule has 1 aromatic rings. The number of para-hydroxylation sites is 1. The topological polar surface area (TPSA) is 55.5 Å². The fraction of sp³-hybridized carbons (Fsp3) is 0.467. The smallest absolute Gasteiger partial charge is 0.173 e. The fourth-order valence-electron chi connectivity index (χ4n) is 1.79. The molecule has 0 aromatic heterocycles. The van der Waals surface area contributed by atoms with Crippen LogP contribution in [-0.4, -0.2) is 17.4 Å². The van der Waals surface area contributed by atoms with Gasteiger partial charge in [-0.15, -0.1) is 6.58 Å². The first-order valence-electron chi connectivity index (χ1n) is 6.33. The molecule has 1 aromatic carbocycles. The molecule has 0 radical (unpaired) electrons. The van der Waals surface area contributed by atoms with Crippen LogP contribution in [0.25, 0.3) is 0 Å². The van der Waals surface area contributed by atoms with Crippen molar-refractivity contribution in [1.82, 2.24) is 0 Å². The van der Waals surface area contributed by atoms with Crippen LogP contribution in [0.3, 0.4) is 0 Å². The highest BCUT2D eigenvalue weighted by Gasteiger charge is 2.18. The number of nitrogens with two attached hydrogens (primary N) is 1. The standard InChI is InChI=1S/C15H23NO2/c1-4-7-12-8-5-6-9-14(12)18-15(16)13(17)10-11(2)3/h4-6,8-9,11,13,15,17H,1,7,10,16H2,2-3H3. The molecule has 2 atom stereocenters.